The van der Waals surface area contributed by atoms with Crippen molar-refractivity contribution in [2.24, 2.45) is 0 Å². The van der Waals surface area contributed by atoms with Crippen molar-refractivity contribution in [1.29, 1.82) is 0 Å². The molecule has 0 aliphatic heterocycles. The molecule has 0 unspecified atom stereocenters. The molecule has 0 aliphatic rings. The van der Waals surface area contributed by atoms with Gasteiger partial charge in [0.25, 0.3) is 0 Å². The summed E-state index contributed by atoms with van der Waals surface area (Å²) < 4.78 is 0. The third-order valence-corrected chi connectivity index (χ3v) is 2.54. The van der Waals surface area contributed by atoms with E-state index in [1.54, 1.807) is 12.4 Å². The summed E-state index contributed by atoms with van der Waals surface area (Å²) in [6, 6.07) is 11.7. The van der Waals surface area contributed by atoms with Crippen LogP contribution >= 0.6 is 12.2 Å². The van der Waals surface area contributed by atoms with Crippen LogP contribution < -0.4 is 10.6 Å². The van der Waals surface area contributed by atoms with Crippen LogP contribution in [0.4, 0.5) is 11.4 Å². The number of nitrogens with one attached hydrogen (secondary N) is 2. The fourth-order valence-corrected chi connectivity index (χ4v) is 1.66. The molecule has 2 aromatic rings. The molecule has 86 valence electrons. The van der Waals surface area contributed by atoms with Crippen LogP contribution in [0.3, 0.4) is 0 Å². The highest BCUT2D eigenvalue weighted by molar-refractivity contribution is 7.80. The first-order chi connectivity index (χ1) is 8.25. The quantitative estimate of drug-likeness (QED) is 0.794. The molecule has 1 aromatic heterocycles. The Morgan fingerprint density at radius 2 is 1.76 bits per heavy atom. The van der Waals surface area contributed by atoms with Gasteiger partial charge in [-0.15, -0.1) is 0 Å². The summed E-state index contributed by atoms with van der Waals surface area (Å²) in [6.07, 6.45) is 3.44. The second-order valence-electron chi connectivity index (χ2n) is 3.63. The number of aromatic nitrogens is 1. The van der Waals surface area contributed by atoms with Gasteiger partial charge in [0.05, 0.1) is 0 Å². The van der Waals surface area contributed by atoms with Crippen molar-refractivity contribution in [3.05, 3.63) is 54.4 Å². The monoisotopic (exact) mass is 243 g/mol. The largest absolute Gasteiger partial charge is 0.332 e. The lowest BCUT2D eigenvalue weighted by molar-refractivity contribution is 1.33. The summed E-state index contributed by atoms with van der Waals surface area (Å²) in [7, 11) is 0. The summed E-state index contributed by atoms with van der Waals surface area (Å²) in [5.74, 6) is 0. The van der Waals surface area contributed by atoms with Crippen LogP contribution in [0.25, 0.3) is 0 Å². The van der Waals surface area contributed by atoms with Gasteiger partial charge in [0, 0.05) is 23.8 Å². The van der Waals surface area contributed by atoms with E-state index in [9.17, 15) is 0 Å². The molecule has 3 nitrogen and oxygen atoms in total. The molecule has 0 bridgehead atoms. The fraction of sp³-hybridized carbons (Fsp3) is 0.0769. The Kier molecular flexibility index (Phi) is 3.67. The summed E-state index contributed by atoms with van der Waals surface area (Å²) in [5.41, 5.74) is 3.09. The Morgan fingerprint density at radius 3 is 2.47 bits per heavy atom. The van der Waals surface area contributed by atoms with E-state index < -0.39 is 0 Å². The Hall–Kier alpha value is -1.94. The molecule has 1 aromatic carbocycles. The average Bonchev–Trinajstić information content (AvgIpc) is 2.33. The van der Waals surface area contributed by atoms with Crippen molar-refractivity contribution >= 4 is 28.7 Å². The normalized spacial score (nSPS) is 9.71. The standard InChI is InChI=1S/C13H13N3S/c1-10-4-2-3-5-12(10)16-13(17)15-11-6-8-14-9-7-11/h2-9H,1H3,(H2,14,15,16,17). The van der Waals surface area contributed by atoms with Crippen molar-refractivity contribution in [2.75, 3.05) is 10.6 Å². The average molecular weight is 243 g/mol. The number of hydrogen-bond acceptors (Lipinski definition) is 2. The van der Waals surface area contributed by atoms with Crippen LogP contribution in [0.1, 0.15) is 5.56 Å². The summed E-state index contributed by atoms with van der Waals surface area (Å²) >= 11 is 5.24. The van der Waals surface area contributed by atoms with E-state index in [0.717, 1.165) is 16.9 Å². The highest BCUT2D eigenvalue weighted by atomic mass is 32.1. The molecule has 1 heterocycles. The number of hydrogen-bond donors (Lipinski definition) is 2. The SMILES string of the molecule is Cc1ccccc1NC(=S)Nc1ccncc1. The smallest absolute Gasteiger partial charge is 0.175 e. The minimum atomic E-state index is 0.575. The molecule has 2 rings (SSSR count). The minimum absolute atomic E-state index is 0.575. The second-order valence-corrected chi connectivity index (χ2v) is 4.04. The number of para-hydroxylation sites is 1. The van der Waals surface area contributed by atoms with Crippen molar-refractivity contribution in [2.45, 2.75) is 6.92 Å². The first kappa shape index (κ1) is 11.5. The zero-order valence-corrected chi connectivity index (χ0v) is 10.3. The predicted molar refractivity (Wildman–Crippen MR) is 75.3 cm³/mol. The molecule has 2 N–H and O–H groups in total. The van der Waals surface area contributed by atoms with Gasteiger partial charge < -0.3 is 10.6 Å². The molecule has 17 heavy (non-hydrogen) atoms. The van der Waals surface area contributed by atoms with Crippen molar-refractivity contribution in [1.82, 2.24) is 4.98 Å². The van der Waals surface area contributed by atoms with E-state index in [1.165, 1.54) is 0 Å². The number of benzene rings is 1. The first-order valence-corrected chi connectivity index (χ1v) is 5.70. The predicted octanol–water partition coefficient (Wildman–Crippen LogP) is 3.20. The van der Waals surface area contributed by atoms with Crippen molar-refractivity contribution in [3.63, 3.8) is 0 Å². The maximum Gasteiger partial charge on any atom is 0.175 e. The fourth-order valence-electron chi connectivity index (χ4n) is 1.43. The Morgan fingerprint density at radius 1 is 1.06 bits per heavy atom. The van der Waals surface area contributed by atoms with Gasteiger partial charge in [0.2, 0.25) is 0 Å². The number of anilines is 2. The number of pyridine rings is 1. The first-order valence-electron chi connectivity index (χ1n) is 5.29. The summed E-state index contributed by atoms with van der Waals surface area (Å²) in [5, 5.41) is 6.83. The summed E-state index contributed by atoms with van der Waals surface area (Å²) in [4.78, 5) is 3.95. The van der Waals surface area contributed by atoms with Crippen LogP contribution in [0.5, 0.6) is 0 Å². The molecule has 0 saturated carbocycles. The van der Waals surface area contributed by atoms with Gasteiger partial charge in [0.15, 0.2) is 5.11 Å². The van der Waals surface area contributed by atoms with Gasteiger partial charge in [0.1, 0.15) is 0 Å². The maximum atomic E-state index is 5.24. The molecule has 0 amide bonds. The zero-order chi connectivity index (χ0) is 12.1. The molecule has 0 atom stereocenters. The van der Waals surface area contributed by atoms with Crippen molar-refractivity contribution < 1.29 is 0 Å². The van der Waals surface area contributed by atoms with E-state index in [1.807, 2.05) is 43.3 Å². The van der Waals surface area contributed by atoms with Crippen LogP contribution in [0.15, 0.2) is 48.8 Å². The van der Waals surface area contributed by atoms with Gasteiger partial charge in [-0.25, -0.2) is 0 Å². The Labute approximate surface area is 106 Å². The van der Waals surface area contributed by atoms with Crippen LogP contribution in [-0.2, 0) is 0 Å². The highest BCUT2D eigenvalue weighted by Crippen LogP contribution is 2.13. The number of rotatable bonds is 2. The van der Waals surface area contributed by atoms with Gasteiger partial charge in [-0.1, -0.05) is 18.2 Å². The third kappa shape index (κ3) is 3.26. The molecule has 0 radical (unpaired) electrons. The summed E-state index contributed by atoms with van der Waals surface area (Å²) in [6.45, 7) is 2.04. The zero-order valence-electron chi connectivity index (χ0n) is 9.47. The lowest BCUT2D eigenvalue weighted by Crippen LogP contribution is -2.19. The Bertz CT molecular complexity index is 511. The van der Waals surface area contributed by atoms with Crippen molar-refractivity contribution in [3.8, 4) is 0 Å². The van der Waals surface area contributed by atoms with E-state index in [2.05, 4.69) is 15.6 Å². The Balaban J connectivity index is 2.01. The molecule has 0 saturated heterocycles. The van der Waals surface area contributed by atoms with Crippen LogP contribution in [-0.4, -0.2) is 10.1 Å². The molecule has 0 aliphatic carbocycles. The lowest BCUT2D eigenvalue weighted by atomic mass is 10.2. The van der Waals surface area contributed by atoms with Crippen LogP contribution in [0.2, 0.25) is 0 Å². The number of thiocarbonyl (C=S) groups is 1. The van der Waals surface area contributed by atoms with E-state index in [4.69, 9.17) is 12.2 Å². The molecule has 0 fully saturated rings. The molecular formula is C13H13N3S. The maximum absolute atomic E-state index is 5.24. The minimum Gasteiger partial charge on any atom is -0.332 e. The van der Waals surface area contributed by atoms with Crippen LogP contribution in [0, 0.1) is 6.92 Å². The van der Waals surface area contributed by atoms with E-state index in [-0.39, 0.29) is 0 Å². The van der Waals surface area contributed by atoms with E-state index in [0.29, 0.717) is 5.11 Å². The topological polar surface area (TPSA) is 37.0 Å². The van der Waals surface area contributed by atoms with Gasteiger partial charge in [-0.3, -0.25) is 4.98 Å². The number of nitrogens with zero attached hydrogens (tertiary/aromatic N) is 1. The number of aryl methyl sites for hydroxylation is 1. The molecular weight excluding hydrogens is 230 g/mol. The highest BCUT2D eigenvalue weighted by Gasteiger charge is 2.00. The van der Waals surface area contributed by atoms with Gasteiger partial charge in [-0.2, -0.15) is 0 Å². The molecule has 0 spiro atoms. The van der Waals surface area contributed by atoms with Gasteiger partial charge in [-0.05, 0) is 42.9 Å². The van der Waals surface area contributed by atoms with E-state index >= 15 is 0 Å². The third-order valence-electron chi connectivity index (χ3n) is 2.33. The lowest BCUT2D eigenvalue weighted by Gasteiger charge is -2.11. The molecule has 4 heteroatoms. The second kappa shape index (κ2) is 5.41. The van der Waals surface area contributed by atoms with Gasteiger partial charge >= 0.3 is 0 Å².